The van der Waals surface area contributed by atoms with Crippen molar-refractivity contribution in [1.82, 2.24) is 4.37 Å². The monoisotopic (exact) mass is 174 g/mol. The van der Waals surface area contributed by atoms with Crippen LogP contribution in [0.3, 0.4) is 0 Å². The maximum atomic E-state index is 5.62. The Morgan fingerprint density at radius 3 is 3.10 bits per heavy atom. The van der Waals surface area contributed by atoms with Crippen molar-refractivity contribution < 1.29 is 0 Å². The molecule has 1 rings (SSSR count). The van der Waals surface area contributed by atoms with Crippen LogP contribution in [0.2, 0.25) is 0 Å². The number of thioether (sulfide) groups is 1. The van der Waals surface area contributed by atoms with Gasteiger partial charge in [0.2, 0.25) is 0 Å². The van der Waals surface area contributed by atoms with Gasteiger partial charge in [-0.1, -0.05) is 6.92 Å². The molecule has 0 spiro atoms. The summed E-state index contributed by atoms with van der Waals surface area (Å²) in [7, 11) is 0. The fraction of sp³-hybridized carbons (Fsp3) is 0.500. The van der Waals surface area contributed by atoms with Crippen molar-refractivity contribution in [1.29, 1.82) is 0 Å². The van der Waals surface area contributed by atoms with Gasteiger partial charge in [-0.3, -0.25) is 0 Å². The molecule has 0 saturated heterocycles. The molecule has 0 saturated carbocycles. The quantitative estimate of drug-likeness (QED) is 0.761. The Balaban J connectivity index is 2.49. The Hall–Kier alpha value is -0.220. The lowest BCUT2D eigenvalue weighted by Crippen LogP contribution is -1.85. The molecular weight excluding hydrogens is 164 g/mol. The average Bonchev–Trinajstić information content (AvgIpc) is 2.31. The molecule has 0 bridgehead atoms. The number of hydrogen-bond donors (Lipinski definition) is 1. The van der Waals surface area contributed by atoms with Crippen LogP contribution in [0.5, 0.6) is 0 Å². The van der Waals surface area contributed by atoms with Crippen LogP contribution in [0, 0.1) is 0 Å². The van der Waals surface area contributed by atoms with Crippen LogP contribution >= 0.6 is 23.3 Å². The van der Waals surface area contributed by atoms with E-state index in [2.05, 4.69) is 11.3 Å². The molecule has 0 fully saturated rings. The summed E-state index contributed by atoms with van der Waals surface area (Å²) in [6, 6.07) is 0. The summed E-state index contributed by atoms with van der Waals surface area (Å²) < 4.78 is 3.98. The number of nitrogens with zero attached hydrogens (tertiary/aromatic N) is 1. The molecule has 1 aromatic rings. The van der Waals surface area contributed by atoms with E-state index < -0.39 is 0 Å². The molecule has 0 aliphatic rings. The maximum Gasteiger partial charge on any atom is 0.0668 e. The Bertz CT molecular complexity index is 197. The predicted octanol–water partition coefficient (Wildman–Crippen LogP) is 1.98. The number of nitrogen functional groups attached to an aromatic ring is 1. The van der Waals surface area contributed by atoms with Gasteiger partial charge in [0.1, 0.15) is 0 Å². The number of rotatable bonds is 3. The van der Waals surface area contributed by atoms with Gasteiger partial charge in [-0.15, -0.1) is 0 Å². The Labute approximate surface area is 69.0 Å². The molecule has 0 radical (unpaired) electrons. The van der Waals surface area contributed by atoms with E-state index in [-0.39, 0.29) is 0 Å². The number of aromatic nitrogens is 1. The third-order valence-electron chi connectivity index (χ3n) is 1.11. The fourth-order valence-corrected chi connectivity index (χ4v) is 2.04. The molecule has 0 amide bonds. The van der Waals surface area contributed by atoms with Crippen molar-refractivity contribution in [3.8, 4) is 0 Å². The molecule has 56 valence electrons. The summed E-state index contributed by atoms with van der Waals surface area (Å²) in [5.41, 5.74) is 6.45. The summed E-state index contributed by atoms with van der Waals surface area (Å²) in [4.78, 5) is 1.20. The van der Waals surface area contributed by atoms with Crippen LogP contribution < -0.4 is 5.73 Å². The van der Waals surface area contributed by atoms with Crippen LogP contribution in [0.1, 0.15) is 11.8 Å². The zero-order valence-corrected chi connectivity index (χ0v) is 7.47. The lowest BCUT2D eigenvalue weighted by Gasteiger charge is -1.93. The molecule has 0 aliphatic carbocycles. The highest BCUT2D eigenvalue weighted by Crippen LogP contribution is 2.21. The van der Waals surface area contributed by atoms with E-state index in [0.717, 1.165) is 17.2 Å². The second-order valence-electron chi connectivity index (χ2n) is 1.84. The second kappa shape index (κ2) is 3.83. The van der Waals surface area contributed by atoms with Gasteiger partial charge in [-0.2, -0.15) is 16.1 Å². The minimum absolute atomic E-state index is 0.839. The smallest absolute Gasteiger partial charge is 0.0668 e. The Morgan fingerprint density at radius 2 is 2.60 bits per heavy atom. The maximum absolute atomic E-state index is 5.62. The minimum Gasteiger partial charge on any atom is -0.397 e. The summed E-state index contributed by atoms with van der Waals surface area (Å²) in [5, 5.41) is 0. The van der Waals surface area contributed by atoms with Crippen molar-refractivity contribution in [2.45, 2.75) is 12.7 Å². The van der Waals surface area contributed by atoms with Gasteiger partial charge in [0.25, 0.3) is 0 Å². The Kier molecular flexibility index (Phi) is 3.02. The number of hydrogen-bond acceptors (Lipinski definition) is 4. The summed E-state index contributed by atoms with van der Waals surface area (Å²) in [5.74, 6) is 2.14. The lowest BCUT2D eigenvalue weighted by molar-refractivity contribution is 1.47. The van der Waals surface area contributed by atoms with Gasteiger partial charge in [0.15, 0.2) is 0 Å². The molecule has 4 heteroatoms. The molecule has 0 unspecified atom stereocenters. The van der Waals surface area contributed by atoms with Crippen LogP contribution in [-0.2, 0) is 5.75 Å². The molecule has 1 heterocycles. The molecule has 1 aromatic heterocycles. The van der Waals surface area contributed by atoms with Crippen molar-refractivity contribution >= 4 is 29.0 Å². The molecule has 2 N–H and O–H groups in total. The van der Waals surface area contributed by atoms with Crippen molar-refractivity contribution in [2.75, 3.05) is 11.5 Å². The highest BCUT2D eigenvalue weighted by molar-refractivity contribution is 7.98. The van der Waals surface area contributed by atoms with Crippen molar-refractivity contribution in [2.24, 2.45) is 0 Å². The van der Waals surface area contributed by atoms with E-state index in [9.17, 15) is 0 Å². The van der Waals surface area contributed by atoms with E-state index >= 15 is 0 Å². The van der Waals surface area contributed by atoms with Crippen molar-refractivity contribution in [3.63, 3.8) is 0 Å². The second-order valence-corrected chi connectivity index (χ2v) is 4.00. The predicted molar refractivity (Wildman–Crippen MR) is 48.4 cm³/mol. The minimum atomic E-state index is 0.839. The first-order valence-electron chi connectivity index (χ1n) is 3.11. The van der Waals surface area contributed by atoms with Gasteiger partial charge < -0.3 is 5.73 Å². The van der Waals surface area contributed by atoms with Crippen molar-refractivity contribution in [3.05, 3.63) is 11.1 Å². The third kappa shape index (κ3) is 1.88. The van der Waals surface area contributed by atoms with E-state index in [1.54, 1.807) is 6.20 Å². The highest BCUT2D eigenvalue weighted by atomic mass is 32.2. The zero-order chi connectivity index (χ0) is 7.40. The van der Waals surface area contributed by atoms with E-state index in [4.69, 9.17) is 5.73 Å². The normalized spacial score (nSPS) is 10.1. The fourth-order valence-electron chi connectivity index (χ4n) is 0.576. The molecule has 0 atom stereocenters. The molecule has 0 aromatic carbocycles. The lowest BCUT2D eigenvalue weighted by atomic mass is 10.5. The Morgan fingerprint density at radius 1 is 1.80 bits per heavy atom. The highest BCUT2D eigenvalue weighted by Gasteiger charge is 1.99. The molecule has 10 heavy (non-hydrogen) atoms. The van der Waals surface area contributed by atoms with Crippen LogP contribution in [0.4, 0.5) is 5.69 Å². The average molecular weight is 174 g/mol. The number of anilines is 1. The summed E-state index contributed by atoms with van der Waals surface area (Å²) in [6.07, 6.45) is 1.72. The number of nitrogens with two attached hydrogens (primary N) is 1. The standard InChI is InChI=1S/C6H10N2S2/c1-2-9-4-6-5(7)3-8-10-6/h3H,2,4,7H2,1H3. The molecule has 0 aliphatic heterocycles. The van der Waals surface area contributed by atoms with Gasteiger partial charge >= 0.3 is 0 Å². The first kappa shape index (κ1) is 7.88. The SMILES string of the molecule is CCSCc1sncc1N. The first-order valence-corrected chi connectivity index (χ1v) is 5.04. The summed E-state index contributed by atoms with van der Waals surface area (Å²) in [6.45, 7) is 2.14. The topological polar surface area (TPSA) is 38.9 Å². The zero-order valence-electron chi connectivity index (χ0n) is 5.83. The largest absolute Gasteiger partial charge is 0.397 e. The first-order chi connectivity index (χ1) is 4.84. The van der Waals surface area contributed by atoms with E-state index in [0.29, 0.717) is 0 Å². The molecule has 2 nitrogen and oxygen atoms in total. The summed E-state index contributed by atoms with van der Waals surface area (Å²) >= 11 is 3.36. The molecular formula is C6H10N2S2. The van der Waals surface area contributed by atoms with Crippen LogP contribution in [0.15, 0.2) is 6.20 Å². The van der Waals surface area contributed by atoms with E-state index in [1.165, 1.54) is 16.4 Å². The third-order valence-corrected chi connectivity index (χ3v) is 3.01. The van der Waals surface area contributed by atoms with E-state index in [1.807, 2.05) is 11.8 Å². The van der Waals surface area contributed by atoms with Crippen LogP contribution in [-0.4, -0.2) is 10.1 Å². The van der Waals surface area contributed by atoms with Crippen LogP contribution in [0.25, 0.3) is 0 Å². The van der Waals surface area contributed by atoms with Gasteiger partial charge in [-0.05, 0) is 17.3 Å². The van der Waals surface area contributed by atoms with Gasteiger partial charge in [-0.25, -0.2) is 0 Å². The van der Waals surface area contributed by atoms with Gasteiger partial charge in [0.05, 0.1) is 16.8 Å². The van der Waals surface area contributed by atoms with Gasteiger partial charge in [0, 0.05) is 5.75 Å².